The third-order valence-corrected chi connectivity index (χ3v) is 8.36. The predicted octanol–water partition coefficient (Wildman–Crippen LogP) is 2.68. The summed E-state index contributed by atoms with van der Waals surface area (Å²) in [6.45, 7) is 13.1. The summed E-state index contributed by atoms with van der Waals surface area (Å²) in [7, 11) is -1.81. The minimum atomic E-state index is -1.81. The number of nitrogens with one attached hydrogen (secondary N) is 1. The fourth-order valence-corrected chi connectivity index (χ4v) is 2.89. The first-order valence-corrected chi connectivity index (χ1v) is 9.06. The van der Waals surface area contributed by atoms with Crippen LogP contribution in [0.4, 0.5) is 0 Å². The number of hydrogen-bond acceptors (Lipinski definition) is 2. The van der Waals surface area contributed by atoms with Crippen LogP contribution in [-0.4, -0.2) is 26.4 Å². The number of carbonyl (C=O) groups excluding carboxylic acids is 1. The molecule has 0 aliphatic carbocycles. The van der Waals surface area contributed by atoms with Crippen molar-refractivity contribution in [3.63, 3.8) is 0 Å². The Morgan fingerprint density at radius 3 is 2.38 bits per heavy atom. The number of amides is 1. The van der Waals surface area contributed by atoms with Crippen LogP contribution in [0.15, 0.2) is 0 Å². The summed E-state index contributed by atoms with van der Waals surface area (Å²) >= 11 is 0. The lowest BCUT2D eigenvalue weighted by molar-refractivity contribution is -0.125. The SMILES string of the molecule is CCC1CC(O[Si](C)(C)C(C)(C)C)C(=O)N1. The van der Waals surface area contributed by atoms with Crippen molar-refractivity contribution in [3.8, 4) is 0 Å². The molecule has 4 heteroatoms. The molecule has 16 heavy (non-hydrogen) atoms. The first kappa shape index (κ1) is 13.7. The standard InChI is InChI=1S/C12H25NO2Si/c1-7-9-8-10(11(14)13-9)15-16(5,6)12(2,3)4/h9-10H,7-8H2,1-6H3,(H,13,14). The first-order valence-electron chi connectivity index (χ1n) is 6.15. The Bertz CT molecular complexity index is 271. The van der Waals surface area contributed by atoms with Crippen LogP contribution in [0, 0.1) is 0 Å². The molecule has 1 saturated heterocycles. The van der Waals surface area contributed by atoms with Gasteiger partial charge < -0.3 is 9.74 Å². The van der Waals surface area contributed by atoms with Crippen LogP contribution in [0.3, 0.4) is 0 Å². The maximum Gasteiger partial charge on any atom is 0.248 e. The van der Waals surface area contributed by atoms with Crippen LogP contribution < -0.4 is 5.32 Å². The molecule has 0 aromatic heterocycles. The number of carbonyl (C=O) groups is 1. The van der Waals surface area contributed by atoms with Gasteiger partial charge >= 0.3 is 0 Å². The second-order valence-electron chi connectivity index (χ2n) is 6.22. The van der Waals surface area contributed by atoms with Crippen LogP contribution >= 0.6 is 0 Å². The molecule has 1 N–H and O–H groups in total. The predicted molar refractivity (Wildman–Crippen MR) is 68.9 cm³/mol. The van der Waals surface area contributed by atoms with E-state index in [-0.39, 0.29) is 17.0 Å². The van der Waals surface area contributed by atoms with E-state index in [2.05, 4.69) is 46.1 Å². The Labute approximate surface area is 100 Å². The van der Waals surface area contributed by atoms with Crippen LogP contribution in [0.5, 0.6) is 0 Å². The molecule has 2 atom stereocenters. The average molecular weight is 243 g/mol. The van der Waals surface area contributed by atoms with E-state index in [1.54, 1.807) is 0 Å². The van der Waals surface area contributed by atoms with E-state index >= 15 is 0 Å². The van der Waals surface area contributed by atoms with Crippen LogP contribution in [-0.2, 0) is 9.22 Å². The largest absolute Gasteiger partial charge is 0.405 e. The molecule has 0 bridgehead atoms. The molecule has 0 aromatic carbocycles. The molecule has 1 rings (SSSR count). The smallest absolute Gasteiger partial charge is 0.248 e. The maximum absolute atomic E-state index is 11.7. The summed E-state index contributed by atoms with van der Waals surface area (Å²) in [5.41, 5.74) is 0. The Morgan fingerprint density at radius 2 is 2.00 bits per heavy atom. The van der Waals surface area contributed by atoms with E-state index in [4.69, 9.17) is 4.43 Å². The van der Waals surface area contributed by atoms with E-state index in [1.165, 1.54) is 0 Å². The summed E-state index contributed by atoms with van der Waals surface area (Å²) in [6, 6.07) is 0.308. The zero-order valence-electron chi connectivity index (χ0n) is 11.4. The summed E-state index contributed by atoms with van der Waals surface area (Å²) < 4.78 is 6.13. The highest BCUT2D eigenvalue weighted by molar-refractivity contribution is 6.74. The molecule has 2 unspecified atom stereocenters. The highest BCUT2D eigenvalue weighted by atomic mass is 28.4. The molecule has 1 amide bonds. The van der Waals surface area contributed by atoms with Gasteiger partial charge in [-0.1, -0.05) is 27.7 Å². The lowest BCUT2D eigenvalue weighted by Crippen LogP contribution is -2.45. The topological polar surface area (TPSA) is 38.3 Å². The van der Waals surface area contributed by atoms with E-state index in [0.717, 1.165) is 12.8 Å². The van der Waals surface area contributed by atoms with Crippen molar-refractivity contribution in [2.75, 3.05) is 0 Å². The van der Waals surface area contributed by atoms with Gasteiger partial charge in [0.2, 0.25) is 5.91 Å². The van der Waals surface area contributed by atoms with E-state index < -0.39 is 8.32 Å². The van der Waals surface area contributed by atoms with Crippen molar-refractivity contribution < 1.29 is 9.22 Å². The minimum Gasteiger partial charge on any atom is -0.405 e. The van der Waals surface area contributed by atoms with E-state index in [9.17, 15) is 4.79 Å². The summed E-state index contributed by atoms with van der Waals surface area (Å²) in [6.07, 6.45) is 1.61. The van der Waals surface area contributed by atoms with Crippen LogP contribution in [0.25, 0.3) is 0 Å². The lowest BCUT2D eigenvalue weighted by atomic mass is 10.1. The molecule has 1 fully saturated rings. The van der Waals surface area contributed by atoms with E-state index in [1.807, 2.05) is 0 Å². The molecule has 0 spiro atoms. The molecule has 1 aliphatic rings. The zero-order chi connectivity index (χ0) is 12.6. The van der Waals surface area contributed by atoms with Crippen molar-refractivity contribution >= 4 is 14.2 Å². The molecule has 94 valence electrons. The third-order valence-electron chi connectivity index (χ3n) is 3.87. The van der Waals surface area contributed by atoms with Gasteiger partial charge in [0.15, 0.2) is 8.32 Å². The van der Waals surface area contributed by atoms with Crippen LogP contribution in [0.1, 0.15) is 40.5 Å². The van der Waals surface area contributed by atoms with Gasteiger partial charge in [0.25, 0.3) is 0 Å². The first-order chi connectivity index (χ1) is 7.17. The lowest BCUT2D eigenvalue weighted by Gasteiger charge is -2.37. The van der Waals surface area contributed by atoms with Gasteiger partial charge in [-0.05, 0) is 24.6 Å². The summed E-state index contributed by atoms with van der Waals surface area (Å²) in [4.78, 5) is 11.7. The van der Waals surface area contributed by atoms with Gasteiger partial charge in [0.05, 0.1) is 0 Å². The van der Waals surface area contributed by atoms with Crippen molar-refractivity contribution in [1.29, 1.82) is 0 Å². The molecule has 1 heterocycles. The molecular weight excluding hydrogens is 218 g/mol. The number of rotatable bonds is 3. The quantitative estimate of drug-likeness (QED) is 0.774. The van der Waals surface area contributed by atoms with Gasteiger partial charge in [0, 0.05) is 12.5 Å². The average Bonchev–Trinajstić information content (AvgIpc) is 2.44. The Hall–Kier alpha value is -0.353. The van der Waals surface area contributed by atoms with Gasteiger partial charge in [-0.3, -0.25) is 4.79 Å². The van der Waals surface area contributed by atoms with Crippen molar-refractivity contribution in [1.82, 2.24) is 5.32 Å². The number of hydrogen-bond donors (Lipinski definition) is 1. The Morgan fingerprint density at radius 1 is 1.44 bits per heavy atom. The molecule has 0 aromatic rings. The van der Waals surface area contributed by atoms with Gasteiger partial charge in [-0.2, -0.15) is 0 Å². The van der Waals surface area contributed by atoms with E-state index in [0.29, 0.717) is 6.04 Å². The molecule has 0 radical (unpaired) electrons. The molecule has 3 nitrogen and oxygen atoms in total. The Balaban J connectivity index is 2.65. The van der Waals surface area contributed by atoms with Crippen molar-refractivity contribution in [3.05, 3.63) is 0 Å². The van der Waals surface area contributed by atoms with Gasteiger partial charge in [-0.25, -0.2) is 0 Å². The molecular formula is C12H25NO2Si. The van der Waals surface area contributed by atoms with Crippen molar-refractivity contribution in [2.24, 2.45) is 0 Å². The Kier molecular flexibility index (Phi) is 3.85. The minimum absolute atomic E-state index is 0.0803. The fourth-order valence-electron chi connectivity index (χ4n) is 1.62. The second kappa shape index (κ2) is 4.49. The molecule has 0 saturated carbocycles. The normalized spacial score (nSPS) is 27.0. The highest BCUT2D eigenvalue weighted by Gasteiger charge is 2.43. The highest BCUT2D eigenvalue weighted by Crippen LogP contribution is 2.38. The van der Waals surface area contributed by atoms with Crippen molar-refractivity contribution in [2.45, 2.75) is 70.8 Å². The van der Waals surface area contributed by atoms with Crippen LogP contribution in [0.2, 0.25) is 18.1 Å². The monoisotopic (exact) mass is 243 g/mol. The van der Waals surface area contributed by atoms with Gasteiger partial charge in [0.1, 0.15) is 6.10 Å². The third kappa shape index (κ3) is 2.86. The zero-order valence-corrected chi connectivity index (χ0v) is 12.4. The summed E-state index contributed by atoms with van der Waals surface area (Å²) in [5, 5.41) is 3.15. The second-order valence-corrected chi connectivity index (χ2v) is 11.0. The molecule has 1 aliphatic heterocycles. The maximum atomic E-state index is 11.7. The van der Waals surface area contributed by atoms with Gasteiger partial charge in [-0.15, -0.1) is 0 Å². The summed E-state index contributed by atoms with van der Waals surface area (Å²) in [5.74, 6) is 0.0803. The fraction of sp³-hybridized carbons (Fsp3) is 0.917.